The highest BCUT2D eigenvalue weighted by Crippen LogP contribution is 2.67. The summed E-state index contributed by atoms with van der Waals surface area (Å²) in [6.07, 6.45) is 0.960. The molecule has 1 aromatic rings. The van der Waals surface area contributed by atoms with Crippen molar-refractivity contribution in [1.29, 1.82) is 0 Å². The second-order valence-corrected chi connectivity index (χ2v) is 11.0. The van der Waals surface area contributed by atoms with Crippen molar-refractivity contribution in [2.75, 3.05) is 32.2 Å². The molecule has 8 nitrogen and oxygen atoms in total. The summed E-state index contributed by atoms with van der Waals surface area (Å²) in [6.45, 7) is 2.15. The number of fused-ring (bicyclic) bond motifs is 1. The van der Waals surface area contributed by atoms with Crippen molar-refractivity contribution in [1.82, 2.24) is 4.90 Å². The summed E-state index contributed by atoms with van der Waals surface area (Å²) in [5.41, 5.74) is 0.597. The van der Waals surface area contributed by atoms with Crippen LogP contribution in [-0.4, -0.2) is 75.5 Å². The average Bonchev–Trinajstić information content (AvgIpc) is 3.36. The highest BCUT2D eigenvalue weighted by atomic mass is 79.9. The van der Waals surface area contributed by atoms with E-state index in [-0.39, 0.29) is 47.6 Å². The maximum Gasteiger partial charge on any atom is 0.310 e. The van der Waals surface area contributed by atoms with Gasteiger partial charge in [-0.3, -0.25) is 14.4 Å². The molecular formula is C22H27BrN2O6S. The first-order valence-corrected chi connectivity index (χ1v) is 12.5. The predicted molar refractivity (Wildman–Crippen MR) is 124 cm³/mol. The number of aliphatic hydroxyl groups is 1. The van der Waals surface area contributed by atoms with Crippen LogP contribution in [0, 0.1) is 11.8 Å². The Bertz CT molecular complexity index is 899. The molecule has 1 aromatic carbocycles. The van der Waals surface area contributed by atoms with Crippen molar-refractivity contribution in [3.63, 3.8) is 0 Å². The maximum absolute atomic E-state index is 13.6. The number of thioether (sulfide) groups is 1. The van der Waals surface area contributed by atoms with Crippen LogP contribution < -0.4 is 10.1 Å². The van der Waals surface area contributed by atoms with Crippen LogP contribution in [0.1, 0.15) is 19.8 Å². The zero-order valence-electron chi connectivity index (χ0n) is 18.0. The number of anilines is 1. The molecular weight excluding hydrogens is 500 g/mol. The first-order chi connectivity index (χ1) is 15.4. The summed E-state index contributed by atoms with van der Waals surface area (Å²) in [7, 11) is 1.57. The molecule has 2 N–H and O–H groups in total. The molecule has 2 amide bonds. The number of halogens is 1. The Hall–Kier alpha value is -1.78. The number of ether oxygens (including phenoxy) is 2. The van der Waals surface area contributed by atoms with E-state index >= 15 is 0 Å². The number of carbonyl (C=O) groups excluding carboxylic acids is 3. The predicted octanol–water partition coefficient (Wildman–Crippen LogP) is 2.04. The van der Waals surface area contributed by atoms with E-state index in [0.29, 0.717) is 24.3 Å². The van der Waals surface area contributed by atoms with E-state index < -0.39 is 22.6 Å². The van der Waals surface area contributed by atoms with Gasteiger partial charge in [-0.1, -0.05) is 15.9 Å². The number of rotatable bonds is 8. The molecule has 0 aromatic heterocycles. The number of carbonyl (C=O) groups is 3. The summed E-state index contributed by atoms with van der Waals surface area (Å²) >= 11 is 5.25. The lowest BCUT2D eigenvalue weighted by atomic mass is 9.71. The first-order valence-electron chi connectivity index (χ1n) is 10.7. The number of methoxy groups -OCH3 is 1. The summed E-state index contributed by atoms with van der Waals surface area (Å²) < 4.78 is 9.76. The molecule has 3 heterocycles. The van der Waals surface area contributed by atoms with Crippen LogP contribution >= 0.6 is 27.7 Å². The molecule has 3 unspecified atom stereocenters. The Morgan fingerprint density at radius 2 is 2.06 bits per heavy atom. The number of esters is 1. The molecule has 3 aliphatic rings. The number of hydrogen-bond donors (Lipinski definition) is 2. The van der Waals surface area contributed by atoms with Crippen LogP contribution in [0.5, 0.6) is 5.75 Å². The van der Waals surface area contributed by atoms with E-state index in [1.165, 1.54) is 0 Å². The van der Waals surface area contributed by atoms with Gasteiger partial charge in [0.05, 0.1) is 30.3 Å². The Morgan fingerprint density at radius 1 is 1.34 bits per heavy atom. The molecule has 6 atom stereocenters. The van der Waals surface area contributed by atoms with E-state index in [0.717, 1.165) is 0 Å². The second kappa shape index (κ2) is 9.23. The monoisotopic (exact) mass is 526 g/mol. The highest BCUT2D eigenvalue weighted by Gasteiger charge is 2.75. The Morgan fingerprint density at radius 3 is 2.69 bits per heavy atom. The molecule has 0 saturated carbocycles. The zero-order chi connectivity index (χ0) is 23.0. The maximum atomic E-state index is 13.6. The molecule has 2 bridgehead atoms. The van der Waals surface area contributed by atoms with E-state index in [9.17, 15) is 19.5 Å². The fourth-order valence-corrected chi connectivity index (χ4v) is 8.91. The molecule has 10 heteroatoms. The SMILES string of the molecule is CCOC(=O)[C@H]1[C@H]2C(=O)N(CCCO)C(C(=O)Nc3ccc(OC)cc3)C23CC(Br)[C@@H]1S3. The number of hydrogen-bond acceptors (Lipinski definition) is 7. The quantitative estimate of drug-likeness (QED) is 0.394. The summed E-state index contributed by atoms with van der Waals surface area (Å²) in [6, 6.07) is 6.24. The Kier molecular flexibility index (Phi) is 6.74. The van der Waals surface area contributed by atoms with E-state index in [1.54, 1.807) is 55.0 Å². The molecule has 0 aliphatic carbocycles. The third kappa shape index (κ3) is 3.70. The van der Waals surface area contributed by atoms with Gasteiger partial charge in [0.15, 0.2) is 0 Å². The largest absolute Gasteiger partial charge is 0.497 e. The Balaban J connectivity index is 1.68. The minimum atomic E-state index is -0.747. The minimum Gasteiger partial charge on any atom is -0.497 e. The first kappa shape index (κ1) is 23.4. The van der Waals surface area contributed by atoms with E-state index in [2.05, 4.69) is 21.2 Å². The lowest BCUT2D eigenvalue weighted by Gasteiger charge is -2.35. The van der Waals surface area contributed by atoms with Crippen molar-refractivity contribution in [2.45, 2.75) is 40.6 Å². The van der Waals surface area contributed by atoms with Gasteiger partial charge < -0.3 is 24.8 Å². The second-order valence-electron chi connectivity index (χ2n) is 8.24. The molecule has 174 valence electrons. The number of likely N-dealkylation sites (tertiary alicyclic amines) is 1. The van der Waals surface area contributed by atoms with Crippen molar-refractivity contribution in [3.05, 3.63) is 24.3 Å². The van der Waals surface area contributed by atoms with Crippen LogP contribution in [0.2, 0.25) is 0 Å². The molecule has 1 spiro atoms. The fraction of sp³-hybridized carbons (Fsp3) is 0.591. The number of aliphatic hydroxyl groups excluding tert-OH is 1. The van der Waals surface area contributed by atoms with Crippen molar-refractivity contribution < 1.29 is 29.0 Å². The van der Waals surface area contributed by atoms with Gasteiger partial charge in [-0.15, -0.1) is 11.8 Å². The summed E-state index contributed by atoms with van der Waals surface area (Å²) in [5.74, 6) is -1.42. The van der Waals surface area contributed by atoms with Gasteiger partial charge in [-0.25, -0.2) is 0 Å². The van der Waals surface area contributed by atoms with Crippen molar-refractivity contribution >= 4 is 51.2 Å². The van der Waals surface area contributed by atoms with Gasteiger partial charge in [0, 0.05) is 28.9 Å². The molecule has 3 fully saturated rings. The van der Waals surface area contributed by atoms with E-state index in [4.69, 9.17) is 9.47 Å². The van der Waals surface area contributed by atoms with Gasteiger partial charge >= 0.3 is 5.97 Å². The van der Waals surface area contributed by atoms with Crippen molar-refractivity contribution in [3.8, 4) is 5.75 Å². The lowest BCUT2D eigenvalue weighted by molar-refractivity contribution is -0.153. The smallest absolute Gasteiger partial charge is 0.310 e. The van der Waals surface area contributed by atoms with Crippen LogP contribution in [-0.2, 0) is 19.1 Å². The summed E-state index contributed by atoms with van der Waals surface area (Å²) in [4.78, 5) is 41.5. The number of nitrogens with one attached hydrogen (secondary N) is 1. The number of nitrogens with zero attached hydrogens (tertiary/aromatic N) is 1. The third-order valence-electron chi connectivity index (χ3n) is 6.51. The number of amides is 2. The topological polar surface area (TPSA) is 105 Å². The van der Waals surface area contributed by atoms with E-state index in [1.807, 2.05) is 0 Å². The van der Waals surface area contributed by atoms with Crippen LogP contribution in [0.25, 0.3) is 0 Å². The highest BCUT2D eigenvalue weighted by molar-refractivity contribution is 9.09. The summed E-state index contributed by atoms with van der Waals surface area (Å²) in [5, 5.41) is 12.2. The molecule has 4 rings (SSSR count). The number of alkyl halides is 1. The van der Waals surface area contributed by atoms with Gasteiger partial charge in [0.2, 0.25) is 11.8 Å². The molecule has 3 aliphatic heterocycles. The molecule has 3 saturated heterocycles. The molecule has 32 heavy (non-hydrogen) atoms. The standard InChI is InChI=1S/C22H27BrN2O6S/c1-3-31-21(29)15-16-20(28)25(9-4-10-26)18(22(16)11-14(23)17(15)32-22)19(27)24-12-5-7-13(30-2)8-6-12/h5-8,14-18,26H,3-4,9-11H2,1-2H3,(H,24,27)/t14?,15-,16-,17-,18?,22?/m0/s1. The number of benzene rings is 1. The van der Waals surface area contributed by atoms with Crippen LogP contribution in [0.3, 0.4) is 0 Å². The van der Waals surface area contributed by atoms with Gasteiger partial charge in [0.25, 0.3) is 0 Å². The molecule has 0 radical (unpaired) electrons. The minimum absolute atomic E-state index is 0.0000318. The third-order valence-corrected chi connectivity index (χ3v) is 9.73. The average molecular weight is 527 g/mol. The van der Waals surface area contributed by atoms with Gasteiger partial charge in [0.1, 0.15) is 11.8 Å². The van der Waals surface area contributed by atoms with Crippen LogP contribution in [0.15, 0.2) is 24.3 Å². The zero-order valence-corrected chi connectivity index (χ0v) is 20.4. The van der Waals surface area contributed by atoms with Gasteiger partial charge in [-0.2, -0.15) is 0 Å². The van der Waals surface area contributed by atoms with Crippen molar-refractivity contribution in [2.24, 2.45) is 11.8 Å². The Labute approximate surface area is 199 Å². The van der Waals surface area contributed by atoms with Gasteiger partial charge in [-0.05, 0) is 44.0 Å². The van der Waals surface area contributed by atoms with Crippen LogP contribution in [0.4, 0.5) is 5.69 Å². The lowest BCUT2D eigenvalue weighted by Crippen LogP contribution is -2.52. The fourth-order valence-electron chi connectivity index (χ4n) is 5.30. The normalized spacial score (nSPS) is 32.7.